The molecule has 0 aliphatic carbocycles. The molecule has 2 unspecified atom stereocenters. The van der Waals surface area contributed by atoms with Crippen LogP contribution in [0.2, 0.25) is 0 Å². The van der Waals surface area contributed by atoms with E-state index in [1.807, 2.05) is 0 Å². The highest BCUT2D eigenvalue weighted by molar-refractivity contribution is 7.91. The first-order valence-corrected chi connectivity index (χ1v) is 18.4. The normalized spacial score (nSPS) is 22.7. The highest BCUT2D eigenvalue weighted by Crippen LogP contribution is 2.35. The molecule has 0 N–H and O–H groups in total. The molecule has 0 radical (unpaired) electrons. The molecule has 2 aliphatic rings. The van der Waals surface area contributed by atoms with Crippen molar-refractivity contribution in [1.29, 1.82) is 0 Å². The lowest BCUT2D eigenvalue weighted by Crippen LogP contribution is -2.52. The summed E-state index contributed by atoms with van der Waals surface area (Å²) in [5, 5.41) is 0. The molecule has 2 aliphatic heterocycles. The van der Waals surface area contributed by atoms with Crippen LogP contribution >= 0.6 is 0 Å². The average molecular weight is 685 g/mol. The Morgan fingerprint density at radius 2 is 1.09 bits per heavy atom. The lowest BCUT2D eigenvalue weighted by Gasteiger charge is -2.39. The molecular formula is C30H38F6N2O5S2. The summed E-state index contributed by atoms with van der Waals surface area (Å²) in [7, 11) is -7.00. The Hall–Kier alpha value is -2.20. The Labute approximate surface area is 260 Å². The number of hydrogen-bond acceptors (Lipinski definition) is 7. The molecule has 0 amide bonds. The minimum Gasteiger partial charge on any atom is -0.353 e. The summed E-state index contributed by atoms with van der Waals surface area (Å²) in [6.07, 6.45) is -11.3. The number of likely N-dealkylation sites (tertiary alicyclic amines) is 2. The number of benzene rings is 2. The van der Waals surface area contributed by atoms with Crippen LogP contribution in [0.25, 0.3) is 0 Å². The highest BCUT2D eigenvalue weighted by atomic mass is 32.2. The first-order chi connectivity index (χ1) is 20.8. The molecule has 4 rings (SSSR count). The largest absolute Gasteiger partial charge is 0.415 e. The molecular weight excluding hydrogens is 646 g/mol. The van der Waals surface area contributed by atoms with Gasteiger partial charge in [-0.3, -0.25) is 9.80 Å². The second-order valence-electron chi connectivity index (χ2n) is 12.1. The van der Waals surface area contributed by atoms with Crippen molar-refractivity contribution in [2.45, 2.75) is 71.9 Å². The van der Waals surface area contributed by atoms with Crippen molar-refractivity contribution in [2.75, 3.05) is 51.8 Å². The van der Waals surface area contributed by atoms with E-state index in [0.717, 1.165) is 12.5 Å². The fourth-order valence-electron chi connectivity index (χ4n) is 6.10. The van der Waals surface area contributed by atoms with Crippen LogP contribution < -0.4 is 0 Å². The fraction of sp³-hybridized carbons (Fsp3) is 0.600. The van der Waals surface area contributed by atoms with Gasteiger partial charge in [0.05, 0.1) is 9.79 Å². The Morgan fingerprint density at radius 3 is 1.42 bits per heavy atom. The van der Waals surface area contributed by atoms with Gasteiger partial charge in [-0.2, -0.15) is 26.3 Å². The Bertz CT molecular complexity index is 1420. The van der Waals surface area contributed by atoms with E-state index in [4.69, 9.17) is 4.74 Å². The number of alkyl halides is 6. The van der Waals surface area contributed by atoms with Gasteiger partial charge in [-0.25, -0.2) is 16.8 Å². The van der Waals surface area contributed by atoms with Gasteiger partial charge >= 0.3 is 12.4 Å². The average Bonchev–Trinajstić information content (AvgIpc) is 2.95. The van der Waals surface area contributed by atoms with E-state index in [1.54, 1.807) is 24.3 Å². The van der Waals surface area contributed by atoms with Crippen LogP contribution in [-0.2, 0) is 24.4 Å². The molecule has 0 spiro atoms. The molecule has 7 nitrogen and oxygen atoms in total. The van der Waals surface area contributed by atoms with Gasteiger partial charge in [0, 0.05) is 38.7 Å². The third kappa shape index (κ3) is 9.90. The van der Waals surface area contributed by atoms with Crippen LogP contribution in [0.3, 0.4) is 0 Å². The van der Waals surface area contributed by atoms with Crippen LogP contribution in [-0.4, -0.2) is 103 Å². The van der Waals surface area contributed by atoms with Crippen molar-refractivity contribution >= 4 is 19.7 Å². The lowest BCUT2D eigenvalue weighted by atomic mass is 9.90. The van der Waals surface area contributed by atoms with E-state index in [2.05, 4.69) is 0 Å². The summed E-state index contributed by atoms with van der Waals surface area (Å²) in [6, 6.07) is 12.4. The number of sulfone groups is 2. The van der Waals surface area contributed by atoms with Crippen molar-refractivity contribution in [3.63, 3.8) is 0 Å². The highest BCUT2D eigenvalue weighted by Gasteiger charge is 2.50. The minimum atomic E-state index is -5.07. The molecule has 2 aromatic rings. The van der Waals surface area contributed by atoms with Crippen molar-refractivity contribution in [1.82, 2.24) is 9.80 Å². The van der Waals surface area contributed by atoms with E-state index < -0.39 is 57.3 Å². The van der Waals surface area contributed by atoms with Crippen LogP contribution in [0.1, 0.15) is 48.6 Å². The van der Waals surface area contributed by atoms with Crippen LogP contribution in [0, 0.1) is 0 Å². The second-order valence-corrected chi connectivity index (χ2v) is 16.1. The third-order valence-electron chi connectivity index (χ3n) is 8.43. The first-order valence-electron chi connectivity index (χ1n) is 14.6. The van der Waals surface area contributed by atoms with Gasteiger partial charge in [0.15, 0.2) is 31.9 Å². The number of ether oxygens (including phenoxy) is 1. The van der Waals surface area contributed by atoms with Crippen molar-refractivity contribution in [3.05, 3.63) is 59.7 Å². The molecule has 252 valence electrons. The van der Waals surface area contributed by atoms with Crippen molar-refractivity contribution < 1.29 is 47.9 Å². The summed E-state index contributed by atoms with van der Waals surface area (Å²) >= 11 is 0. The van der Waals surface area contributed by atoms with Gasteiger partial charge in [-0.05, 0) is 86.0 Å². The second kappa shape index (κ2) is 13.9. The molecule has 0 bridgehead atoms. The van der Waals surface area contributed by atoms with Gasteiger partial charge in [-0.1, -0.05) is 24.3 Å². The van der Waals surface area contributed by atoms with Crippen LogP contribution in [0.4, 0.5) is 26.3 Å². The summed E-state index contributed by atoms with van der Waals surface area (Å²) in [5.41, 5.74) is 1.28. The first kappa shape index (κ1) is 35.7. The number of halogens is 6. The standard InChI is InChI=1S/C30H38F6N2O5S2/c1-44(39,40)25-11-3-7-21(15-25)23-9-5-13-37(17-23)19-27(29(31,32)33)43-28(30(34,35)36)20-38-14-6-10-24(18-38)22-8-4-12-26(16-22)45(2,41)42/h3-4,7-8,11-12,15-16,23-24,27-28H,5-6,9-10,13-14,17-20H2,1-2H3/t23?,24?,27-,28-/m0/s1. The molecule has 15 heteroatoms. The van der Waals surface area contributed by atoms with E-state index >= 15 is 0 Å². The topological polar surface area (TPSA) is 84.0 Å². The smallest absolute Gasteiger partial charge is 0.353 e. The SMILES string of the molecule is CS(=O)(=O)c1cccc(C2CCCN(C[C@H](O[C@@H](CN3CCCC(c4cccc(S(C)(=O)=O)c4)C3)C(F)(F)F)C(F)(F)F)C2)c1. The summed E-state index contributed by atoms with van der Waals surface area (Å²) in [5.74, 6) is -0.585. The van der Waals surface area contributed by atoms with E-state index in [-0.39, 0.29) is 47.8 Å². The van der Waals surface area contributed by atoms with Gasteiger partial charge in [0.2, 0.25) is 0 Å². The number of rotatable bonds is 10. The van der Waals surface area contributed by atoms with E-state index in [0.29, 0.717) is 36.8 Å². The summed E-state index contributed by atoms with van der Waals surface area (Å²) in [4.78, 5) is 3.03. The molecule has 0 aromatic heterocycles. The quantitative estimate of drug-likeness (QED) is 0.309. The molecule has 4 atom stereocenters. The number of nitrogens with zero attached hydrogens (tertiary/aromatic N) is 2. The van der Waals surface area contributed by atoms with Crippen LogP contribution in [0.5, 0.6) is 0 Å². The zero-order chi connectivity index (χ0) is 33.2. The Morgan fingerprint density at radius 1 is 0.711 bits per heavy atom. The molecule has 45 heavy (non-hydrogen) atoms. The van der Waals surface area contributed by atoms with E-state index in [9.17, 15) is 43.2 Å². The van der Waals surface area contributed by atoms with Gasteiger partial charge < -0.3 is 4.74 Å². The van der Waals surface area contributed by atoms with Gasteiger partial charge in [-0.15, -0.1) is 0 Å². The Kier molecular flexibility index (Phi) is 11.0. The molecule has 2 aromatic carbocycles. The predicted octanol–water partition coefficient (Wildman–Crippen LogP) is 5.43. The zero-order valence-corrected chi connectivity index (χ0v) is 26.7. The maximum absolute atomic E-state index is 14.2. The maximum Gasteiger partial charge on any atom is 0.415 e. The molecule has 2 heterocycles. The van der Waals surface area contributed by atoms with E-state index in [1.165, 1.54) is 34.1 Å². The molecule has 0 saturated carbocycles. The lowest BCUT2D eigenvalue weighted by molar-refractivity contribution is -0.290. The van der Waals surface area contributed by atoms with Gasteiger partial charge in [0.1, 0.15) is 0 Å². The zero-order valence-electron chi connectivity index (χ0n) is 25.0. The van der Waals surface area contributed by atoms with Crippen molar-refractivity contribution in [2.24, 2.45) is 0 Å². The molecule has 2 saturated heterocycles. The molecule has 2 fully saturated rings. The van der Waals surface area contributed by atoms with Crippen molar-refractivity contribution in [3.8, 4) is 0 Å². The third-order valence-corrected chi connectivity index (χ3v) is 10.7. The summed E-state index contributed by atoms with van der Waals surface area (Å²) in [6.45, 7) is -0.899. The monoisotopic (exact) mass is 684 g/mol. The number of piperidine rings is 2. The minimum absolute atomic E-state index is 0.0877. The Balaban J connectivity index is 1.46. The maximum atomic E-state index is 14.2. The predicted molar refractivity (Wildman–Crippen MR) is 157 cm³/mol. The summed E-state index contributed by atoms with van der Waals surface area (Å²) < 4.78 is 138. The van der Waals surface area contributed by atoms with Crippen LogP contribution in [0.15, 0.2) is 58.3 Å². The fourth-order valence-corrected chi connectivity index (χ4v) is 7.45. The van der Waals surface area contributed by atoms with Gasteiger partial charge in [0.25, 0.3) is 0 Å². The number of hydrogen-bond donors (Lipinski definition) is 0.